The average Bonchev–Trinajstić information content (AvgIpc) is 3.86. The lowest BCUT2D eigenvalue weighted by Gasteiger charge is -2.27. The summed E-state index contributed by atoms with van der Waals surface area (Å²) in [7, 11) is 2.21. The van der Waals surface area contributed by atoms with Crippen LogP contribution in [0.5, 0.6) is 0 Å². The lowest BCUT2D eigenvalue weighted by Crippen LogP contribution is -2.55. The van der Waals surface area contributed by atoms with E-state index in [4.69, 9.17) is 19.1 Å². The molecule has 8 atom stereocenters. The van der Waals surface area contributed by atoms with Gasteiger partial charge in [-0.2, -0.15) is 23.5 Å². The molecule has 0 bridgehead atoms. The van der Waals surface area contributed by atoms with E-state index in [1.54, 1.807) is 18.7 Å². The number of unbranched alkanes of at least 4 members (excludes halogenated alkanes) is 3. The maximum atomic E-state index is 13.2. The molecule has 2 rings (SSSR count). The van der Waals surface area contributed by atoms with E-state index in [1.165, 1.54) is 0 Å². The molecule has 2 heterocycles. The first-order chi connectivity index (χ1) is 33.3. The topological polar surface area (TPSA) is 307 Å². The Balaban J connectivity index is 1.54. The molecule has 2 saturated heterocycles. The van der Waals surface area contributed by atoms with Gasteiger partial charge in [0.2, 0.25) is 29.5 Å². The number of aliphatic carboxylic acids is 1. The molecule has 0 radical (unpaired) electrons. The Bertz CT molecular complexity index is 1640. The molecule has 0 aliphatic carbocycles. The van der Waals surface area contributed by atoms with Crippen molar-refractivity contribution in [1.82, 2.24) is 42.1 Å². The molecular weight excluding hydrogens is 963 g/mol. The molecule has 22 nitrogen and oxygen atoms in total. The Kier molecular flexibility index (Phi) is 32.2. The fraction of sp³-hybridized carbons (Fsp3) is 0.867. The van der Waals surface area contributed by atoms with Gasteiger partial charge in [0, 0.05) is 72.8 Å². The first-order valence-corrected chi connectivity index (χ1v) is 28.2. The summed E-state index contributed by atoms with van der Waals surface area (Å²) in [6, 6.07) is -2.56. The maximum absolute atomic E-state index is 13.2. The van der Waals surface area contributed by atoms with Crippen LogP contribution in [0.25, 0.3) is 10.4 Å². The highest BCUT2D eigenvalue weighted by Crippen LogP contribution is 2.33. The first kappa shape index (κ1) is 62.9. The van der Waals surface area contributed by atoms with Gasteiger partial charge in [-0.15, -0.1) is 0 Å². The molecule has 0 aromatic carbocycles. The Morgan fingerprint density at radius 1 is 0.871 bits per heavy atom. The largest absolute Gasteiger partial charge is 0.480 e. The second-order valence-electron chi connectivity index (χ2n) is 19.1. The van der Waals surface area contributed by atoms with Gasteiger partial charge in [0.25, 0.3) is 0 Å². The van der Waals surface area contributed by atoms with Gasteiger partial charge in [0.15, 0.2) is 6.35 Å². The normalized spacial score (nSPS) is 19.6. The number of aliphatic hydroxyl groups excluding tert-OH is 1. The van der Waals surface area contributed by atoms with E-state index in [2.05, 4.69) is 47.2 Å². The number of likely N-dealkylation sites (N-methyl/N-ethyl adjacent to an activating group) is 1. The van der Waals surface area contributed by atoms with Crippen LogP contribution in [0.1, 0.15) is 118 Å². The van der Waals surface area contributed by atoms with E-state index >= 15 is 0 Å². The minimum Gasteiger partial charge on any atom is -0.480 e. The van der Waals surface area contributed by atoms with E-state index in [0.29, 0.717) is 81.7 Å². The summed E-state index contributed by atoms with van der Waals surface area (Å²) >= 11 is 3.49. The summed E-state index contributed by atoms with van der Waals surface area (Å²) in [5, 5.41) is 43.5. The van der Waals surface area contributed by atoms with Gasteiger partial charge in [-0.1, -0.05) is 31.8 Å². The number of nitrogens with one attached hydrogen (secondary N) is 7. The van der Waals surface area contributed by atoms with Crippen LogP contribution in [0, 0.1) is 5.92 Å². The van der Waals surface area contributed by atoms with Crippen LogP contribution in [-0.4, -0.2) is 185 Å². The van der Waals surface area contributed by atoms with Crippen molar-refractivity contribution >= 4 is 69.0 Å². The van der Waals surface area contributed by atoms with E-state index < -0.39 is 63.9 Å². The van der Waals surface area contributed by atoms with Crippen LogP contribution in [0.4, 0.5) is 0 Å². The maximum Gasteiger partial charge on any atom is 0.326 e. The van der Waals surface area contributed by atoms with Crippen LogP contribution in [0.3, 0.4) is 0 Å². The molecule has 4 unspecified atom stereocenters. The highest BCUT2D eigenvalue weighted by atomic mass is 32.2. The van der Waals surface area contributed by atoms with Crippen molar-refractivity contribution in [3.63, 3.8) is 0 Å². The molecule has 2 aliphatic rings. The Labute approximate surface area is 425 Å². The number of carbonyl (C=O) groups excluding carboxylic acids is 5. The number of aliphatic hydroxyl groups is 1. The Hall–Kier alpha value is -3.23. The molecule has 2 fully saturated rings. The van der Waals surface area contributed by atoms with Crippen LogP contribution in [0.15, 0.2) is 5.11 Å². The number of nitrogens with zero attached hydrogens (tertiary/aromatic N) is 4. The Morgan fingerprint density at radius 3 is 2.33 bits per heavy atom. The first-order valence-electron chi connectivity index (χ1n) is 24.9. The second-order valence-corrected chi connectivity index (χ2v) is 22.6. The van der Waals surface area contributed by atoms with Crippen LogP contribution in [0.2, 0.25) is 0 Å². The standard InChI is InChI=1S/C45H85N11O11S2Si/c1-30(2)27-35(56(6)7)42(61)50-31(3)40(59)52-32(15-11-13-21-49-55-46)41(60)48-22-24-66-70-67-45(4,5)29-65-23-14-25-68-26-19-38(58)51-33(43(62)63)16-10-12-20-47-37(57)18-9-8-17-36-39-34(28-69-36)53-44(64)54-39/h30-36,39,44,53-54,64H,8-29,70H2,1-7H3,(H,47,57)(H,48,60)(H,50,61)(H,51,58)(H,52,59)(H,62,63)/t31-,32-,33-,34?,35-,36?,39?,44?/m0/s1. The van der Waals surface area contributed by atoms with Crippen LogP contribution in [-0.2, 0) is 42.4 Å². The number of carbonyl (C=O) groups is 6. The zero-order valence-corrected chi connectivity index (χ0v) is 45.7. The minimum absolute atomic E-state index is 0.0168. The van der Waals surface area contributed by atoms with Crippen molar-refractivity contribution in [2.45, 2.75) is 172 Å². The van der Waals surface area contributed by atoms with E-state index in [1.807, 2.05) is 58.5 Å². The molecule has 2 aliphatic heterocycles. The van der Waals surface area contributed by atoms with Crippen LogP contribution < -0.4 is 37.2 Å². The van der Waals surface area contributed by atoms with Crippen molar-refractivity contribution < 1.29 is 52.6 Å². The zero-order chi connectivity index (χ0) is 51.9. The number of azide groups is 1. The number of hydrogen-bond donors (Lipinski definition) is 9. The van der Waals surface area contributed by atoms with E-state index in [-0.39, 0.29) is 62.2 Å². The van der Waals surface area contributed by atoms with Crippen molar-refractivity contribution in [2.75, 3.05) is 70.8 Å². The molecular formula is C45H85N11O11S2Si. The van der Waals surface area contributed by atoms with Crippen molar-refractivity contribution in [2.24, 2.45) is 11.0 Å². The molecule has 0 spiro atoms. The molecule has 9 N–H and O–H groups in total. The third-order valence-electron chi connectivity index (χ3n) is 11.7. The van der Waals surface area contributed by atoms with Gasteiger partial charge in [-0.05, 0) is 110 Å². The molecule has 70 heavy (non-hydrogen) atoms. The predicted octanol–water partition coefficient (Wildman–Crippen LogP) is 1.63. The smallest absolute Gasteiger partial charge is 0.326 e. The molecule has 0 saturated carbocycles. The van der Waals surface area contributed by atoms with Gasteiger partial charge in [-0.3, -0.25) is 39.5 Å². The quantitative estimate of drug-likeness (QED) is 0.0139. The van der Waals surface area contributed by atoms with Gasteiger partial charge in [0.05, 0.1) is 24.9 Å². The number of ether oxygens (including phenoxy) is 1. The fourth-order valence-electron chi connectivity index (χ4n) is 7.74. The predicted molar refractivity (Wildman–Crippen MR) is 275 cm³/mol. The third kappa shape index (κ3) is 27.6. The number of carboxylic acids is 1. The summed E-state index contributed by atoms with van der Waals surface area (Å²) in [6.45, 7) is 11.4. The summed E-state index contributed by atoms with van der Waals surface area (Å²) < 4.78 is 17.5. The second kappa shape index (κ2) is 35.8. The van der Waals surface area contributed by atoms with E-state index in [9.17, 15) is 39.0 Å². The van der Waals surface area contributed by atoms with Crippen molar-refractivity contribution in [1.29, 1.82) is 0 Å². The number of fused-ring (bicyclic) bond motifs is 1. The van der Waals surface area contributed by atoms with Gasteiger partial charge < -0.3 is 50.4 Å². The van der Waals surface area contributed by atoms with Gasteiger partial charge in [0.1, 0.15) is 18.1 Å². The lowest BCUT2D eigenvalue weighted by molar-refractivity contribution is -0.142. The third-order valence-corrected chi connectivity index (χ3v) is 15.6. The summed E-state index contributed by atoms with van der Waals surface area (Å²) in [5.41, 5.74) is 7.98. The number of carboxylic acid groups (broad SMARTS) is 1. The molecule has 25 heteroatoms. The minimum atomic E-state index is -1.42. The van der Waals surface area contributed by atoms with Gasteiger partial charge in [-0.25, -0.2) is 4.79 Å². The molecule has 0 aromatic rings. The SMILES string of the molecule is CC(C)C[C@@H](C(=O)N[C@@H](C)C(=O)N[C@@H](CCCCN=[N+]=[N-])C(=O)NCCO[SiH2]OC(C)(C)COCCCSCCC(=O)N[C@@H](CCCCNC(=O)CCCCC1SCC2NC(O)NC21)C(=O)O)N(C)C. The summed E-state index contributed by atoms with van der Waals surface area (Å²) in [4.78, 5) is 80.4. The monoisotopic (exact) mass is 1050 g/mol. The molecule has 0 aromatic heterocycles. The molecule has 402 valence electrons. The number of rotatable bonds is 40. The lowest BCUT2D eigenvalue weighted by atomic mass is 10.0. The number of thioether (sulfide) groups is 2. The van der Waals surface area contributed by atoms with E-state index in [0.717, 1.165) is 37.2 Å². The Morgan fingerprint density at radius 2 is 1.61 bits per heavy atom. The summed E-state index contributed by atoms with van der Waals surface area (Å²) in [5.74, 6) is 0.00382. The van der Waals surface area contributed by atoms with Gasteiger partial charge >= 0.3 is 16.0 Å². The molecule has 5 amide bonds. The highest BCUT2D eigenvalue weighted by molar-refractivity contribution is 8.00. The number of amides is 5. The average molecular weight is 1050 g/mol. The summed E-state index contributed by atoms with van der Waals surface area (Å²) in [6.07, 6.45) is 6.92. The fourth-order valence-corrected chi connectivity index (χ4v) is 10.9. The van der Waals surface area contributed by atoms with Crippen molar-refractivity contribution in [3.8, 4) is 0 Å². The zero-order valence-electron chi connectivity index (χ0n) is 42.6. The van der Waals surface area contributed by atoms with Crippen LogP contribution >= 0.6 is 23.5 Å². The van der Waals surface area contributed by atoms with Crippen molar-refractivity contribution in [3.05, 3.63) is 10.4 Å². The highest BCUT2D eigenvalue weighted by Gasteiger charge is 2.42. The number of hydrogen-bond acceptors (Lipinski definition) is 16.